The van der Waals surface area contributed by atoms with Gasteiger partial charge in [-0.2, -0.15) is 0 Å². The molecule has 17 heavy (non-hydrogen) atoms. The van der Waals surface area contributed by atoms with Crippen LogP contribution < -0.4 is 16.8 Å². The van der Waals surface area contributed by atoms with Crippen LogP contribution in [0.3, 0.4) is 0 Å². The zero-order chi connectivity index (χ0) is 13.0. The number of carbonyl (C=O) groups excluding carboxylic acids is 1. The topological polar surface area (TPSA) is 101 Å². The van der Waals surface area contributed by atoms with E-state index in [-0.39, 0.29) is 18.6 Å². The van der Waals surface area contributed by atoms with E-state index in [1.807, 2.05) is 13.8 Å². The molecule has 1 amide bonds. The van der Waals surface area contributed by atoms with Gasteiger partial charge in [0, 0.05) is 18.2 Å². The molecule has 0 aliphatic heterocycles. The Labute approximate surface area is 101 Å². The Morgan fingerprint density at radius 1 is 1.47 bits per heavy atom. The fourth-order valence-corrected chi connectivity index (χ4v) is 1.39. The lowest BCUT2D eigenvalue weighted by Gasteiger charge is -2.21. The van der Waals surface area contributed by atoms with Gasteiger partial charge in [0.25, 0.3) is 0 Å². The van der Waals surface area contributed by atoms with Gasteiger partial charge in [0.1, 0.15) is 0 Å². The van der Waals surface area contributed by atoms with Gasteiger partial charge in [0.15, 0.2) is 0 Å². The number of aliphatic hydroxyl groups is 1. The second-order valence-corrected chi connectivity index (χ2v) is 4.26. The van der Waals surface area contributed by atoms with Crippen LogP contribution in [0.5, 0.6) is 0 Å². The zero-order valence-corrected chi connectivity index (χ0v) is 10.1. The highest BCUT2D eigenvalue weighted by atomic mass is 16.3. The quantitative estimate of drug-likeness (QED) is 0.569. The fourth-order valence-electron chi connectivity index (χ4n) is 1.39. The molecular weight excluding hydrogens is 218 g/mol. The molecular formula is C12H19N3O2. The van der Waals surface area contributed by atoms with Gasteiger partial charge in [0.2, 0.25) is 5.91 Å². The number of hydrogen-bond donors (Lipinski definition) is 4. The Kier molecular flexibility index (Phi) is 4.34. The monoisotopic (exact) mass is 237 g/mol. The molecule has 1 rings (SSSR count). The highest BCUT2D eigenvalue weighted by molar-refractivity contribution is 5.94. The van der Waals surface area contributed by atoms with Crippen LogP contribution in [0.15, 0.2) is 18.2 Å². The third-order valence-electron chi connectivity index (χ3n) is 2.86. The molecule has 1 aromatic rings. The van der Waals surface area contributed by atoms with Crippen molar-refractivity contribution < 1.29 is 9.90 Å². The van der Waals surface area contributed by atoms with Gasteiger partial charge in [-0.3, -0.25) is 4.79 Å². The van der Waals surface area contributed by atoms with Gasteiger partial charge in [0.05, 0.1) is 11.4 Å². The van der Waals surface area contributed by atoms with E-state index in [2.05, 4.69) is 5.32 Å². The van der Waals surface area contributed by atoms with Gasteiger partial charge in [-0.15, -0.1) is 0 Å². The number of hydrogen-bond acceptors (Lipinski definition) is 4. The lowest BCUT2D eigenvalue weighted by Crippen LogP contribution is -2.26. The van der Waals surface area contributed by atoms with Crippen LogP contribution in [-0.4, -0.2) is 23.7 Å². The number of rotatable bonds is 5. The van der Waals surface area contributed by atoms with Gasteiger partial charge in [-0.1, -0.05) is 6.92 Å². The zero-order valence-electron chi connectivity index (χ0n) is 10.1. The average Bonchev–Trinajstić information content (AvgIpc) is 2.30. The summed E-state index contributed by atoms with van der Waals surface area (Å²) in [6.07, 6.45) is 0. The van der Waals surface area contributed by atoms with Gasteiger partial charge in [-0.25, -0.2) is 0 Å². The minimum absolute atomic E-state index is 0.0849. The van der Waals surface area contributed by atoms with Gasteiger partial charge < -0.3 is 21.9 Å². The van der Waals surface area contributed by atoms with Gasteiger partial charge >= 0.3 is 0 Å². The predicted molar refractivity (Wildman–Crippen MR) is 68.7 cm³/mol. The molecule has 6 N–H and O–H groups in total. The Morgan fingerprint density at radius 2 is 2.12 bits per heavy atom. The molecule has 0 fully saturated rings. The number of aliphatic hydroxyl groups excluding tert-OH is 1. The minimum atomic E-state index is -0.500. The first-order valence-electron chi connectivity index (χ1n) is 5.52. The molecule has 0 bridgehead atoms. The van der Waals surface area contributed by atoms with Crippen molar-refractivity contribution in [1.82, 2.24) is 0 Å². The number of nitrogens with two attached hydrogens (primary N) is 2. The molecule has 0 spiro atoms. The van der Waals surface area contributed by atoms with Crippen molar-refractivity contribution in [2.75, 3.05) is 17.7 Å². The maximum atomic E-state index is 11.0. The molecule has 2 atom stereocenters. The normalized spacial score (nSPS) is 14.1. The summed E-state index contributed by atoms with van der Waals surface area (Å²) in [5.41, 5.74) is 12.6. The third-order valence-corrected chi connectivity index (χ3v) is 2.86. The highest BCUT2D eigenvalue weighted by Gasteiger charge is 2.12. The minimum Gasteiger partial charge on any atom is -0.397 e. The van der Waals surface area contributed by atoms with Crippen molar-refractivity contribution in [2.45, 2.75) is 19.9 Å². The van der Waals surface area contributed by atoms with Crippen LogP contribution in [0.1, 0.15) is 24.2 Å². The number of nitrogen functional groups attached to an aromatic ring is 1. The van der Waals surface area contributed by atoms with E-state index in [0.29, 0.717) is 11.3 Å². The van der Waals surface area contributed by atoms with E-state index in [1.165, 1.54) is 0 Å². The summed E-state index contributed by atoms with van der Waals surface area (Å²) >= 11 is 0. The molecule has 1 aromatic carbocycles. The van der Waals surface area contributed by atoms with Gasteiger partial charge in [-0.05, 0) is 31.0 Å². The van der Waals surface area contributed by atoms with E-state index in [9.17, 15) is 4.79 Å². The van der Waals surface area contributed by atoms with E-state index < -0.39 is 5.91 Å². The predicted octanol–water partition coefficient (Wildman–Crippen LogP) is 0.796. The Balaban J connectivity index is 2.82. The van der Waals surface area contributed by atoms with E-state index in [4.69, 9.17) is 16.6 Å². The highest BCUT2D eigenvalue weighted by Crippen LogP contribution is 2.22. The molecule has 94 valence electrons. The van der Waals surface area contributed by atoms with Crippen LogP contribution in [0.25, 0.3) is 0 Å². The number of nitrogens with one attached hydrogen (secondary N) is 1. The van der Waals surface area contributed by atoms with Crippen LogP contribution in [0.2, 0.25) is 0 Å². The lowest BCUT2D eigenvalue weighted by atomic mass is 10.0. The molecule has 0 aromatic heterocycles. The fraction of sp³-hybridized carbons (Fsp3) is 0.417. The molecule has 0 aliphatic carbocycles. The van der Waals surface area contributed by atoms with Crippen molar-refractivity contribution >= 4 is 17.3 Å². The summed E-state index contributed by atoms with van der Waals surface area (Å²) in [6.45, 7) is 4.00. The molecule has 0 aliphatic rings. The van der Waals surface area contributed by atoms with Crippen LogP contribution in [0.4, 0.5) is 11.4 Å². The first-order valence-corrected chi connectivity index (χ1v) is 5.52. The molecule has 5 nitrogen and oxygen atoms in total. The summed E-state index contributed by atoms with van der Waals surface area (Å²) < 4.78 is 0. The summed E-state index contributed by atoms with van der Waals surface area (Å²) in [7, 11) is 0. The number of benzene rings is 1. The van der Waals surface area contributed by atoms with E-state index >= 15 is 0 Å². The number of amides is 1. The molecule has 0 saturated heterocycles. The molecule has 5 heteroatoms. The lowest BCUT2D eigenvalue weighted by molar-refractivity contribution is 0.100. The molecule has 2 unspecified atom stereocenters. The molecule has 0 saturated carbocycles. The smallest absolute Gasteiger partial charge is 0.248 e. The van der Waals surface area contributed by atoms with Crippen molar-refractivity contribution in [3.8, 4) is 0 Å². The van der Waals surface area contributed by atoms with E-state index in [0.717, 1.165) is 5.69 Å². The first-order chi connectivity index (χ1) is 7.95. The summed E-state index contributed by atoms with van der Waals surface area (Å²) in [5, 5.41) is 12.2. The summed E-state index contributed by atoms with van der Waals surface area (Å²) in [5.74, 6) is -0.384. The Hall–Kier alpha value is -1.75. The van der Waals surface area contributed by atoms with Crippen molar-refractivity contribution in [1.29, 1.82) is 0 Å². The number of primary amides is 1. The second-order valence-electron chi connectivity index (χ2n) is 4.26. The summed E-state index contributed by atoms with van der Waals surface area (Å²) in [4.78, 5) is 11.0. The maximum Gasteiger partial charge on any atom is 0.248 e. The number of anilines is 2. The van der Waals surface area contributed by atoms with Crippen molar-refractivity contribution in [3.05, 3.63) is 23.8 Å². The molecule has 0 radical (unpaired) electrons. The van der Waals surface area contributed by atoms with E-state index in [1.54, 1.807) is 18.2 Å². The van der Waals surface area contributed by atoms with Crippen LogP contribution in [0, 0.1) is 5.92 Å². The van der Waals surface area contributed by atoms with Crippen LogP contribution in [-0.2, 0) is 0 Å². The largest absolute Gasteiger partial charge is 0.397 e. The van der Waals surface area contributed by atoms with Crippen molar-refractivity contribution in [2.24, 2.45) is 11.7 Å². The average molecular weight is 237 g/mol. The van der Waals surface area contributed by atoms with Crippen LogP contribution >= 0.6 is 0 Å². The SMILES string of the molecule is CC(CO)C(C)Nc1ccc(C(N)=O)cc1N. The third kappa shape index (κ3) is 3.35. The Morgan fingerprint density at radius 3 is 2.59 bits per heavy atom. The standard InChI is InChI=1S/C12H19N3O2/c1-7(6-16)8(2)15-11-4-3-9(12(14)17)5-10(11)13/h3-5,7-8,15-16H,6,13H2,1-2H3,(H2,14,17). The molecule has 0 heterocycles. The first kappa shape index (κ1) is 13.3. The van der Waals surface area contributed by atoms with Crippen molar-refractivity contribution in [3.63, 3.8) is 0 Å². The second kappa shape index (κ2) is 5.54. The summed E-state index contributed by atoms with van der Waals surface area (Å²) in [6, 6.07) is 4.97. The number of carbonyl (C=O) groups is 1. The Bertz CT molecular complexity index is 407. The maximum absolute atomic E-state index is 11.0.